The van der Waals surface area contributed by atoms with Crippen molar-refractivity contribution in [2.75, 3.05) is 0 Å². The molecule has 60 valence electrons. The fraction of sp³-hybridized carbons (Fsp3) is 0. The van der Waals surface area contributed by atoms with Crippen molar-refractivity contribution in [2.24, 2.45) is 0 Å². The van der Waals surface area contributed by atoms with Gasteiger partial charge in [-0.3, -0.25) is 4.98 Å². The smallest absolute Gasteiger partial charge is 0.420 e. The van der Waals surface area contributed by atoms with E-state index in [2.05, 4.69) is 4.98 Å². The minimum absolute atomic E-state index is 0.200. The summed E-state index contributed by atoms with van der Waals surface area (Å²) in [4.78, 5) is 3.50. The van der Waals surface area contributed by atoms with Crippen LogP contribution in [0.4, 0.5) is 0 Å². The number of hydrogen-bond donors (Lipinski definition) is 3. The maximum absolute atomic E-state index is 8.65. The van der Waals surface area contributed by atoms with Crippen molar-refractivity contribution in [3.63, 3.8) is 0 Å². The molecular formula is C5H6BClNO3-. The molecule has 4 nitrogen and oxygen atoms in total. The van der Waals surface area contributed by atoms with E-state index in [4.69, 9.17) is 26.7 Å². The van der Waals surface area contributed by atoms with Crippen LogP contribution in [0.25, 0.3) is 0 Å². The number of halogens is 1. The van der Waals surface area contributed by atoms with Crippen molar-refractivity contribution < 1.29 is 15.1 Å². The molecule has 0 bridgehead atoms. The molecule has 11 heavy (non-hydrogen) atoms. The fourth-order valence-electron chi connectivity index (χ4n) is 0.616. The first-order valence-electron chi connectivity index (χ1n) is 2.93. The summed E-state index contributed by atoms with van der Waals surface area (Å²) >= 11 is 5.46. The van der Waals surface area contributed by atoms with Crippen molar-refractivity contribution in [3.8, 4) is 0 Å². The summed E-state index contributed by atoms with van der Waals surface area (Å²) in [5.74, 6) is 0. The maximum Gasteiger partial charge on any atom is 0.420 e. The van der Waals surface area contributed by atoms with E-state index in [9.17, 15) is 0 Å². The molecule has 3 N–H and O–H groups in total. The average Bonchev–Trinajstić information content (AvgIpc) is 1.86. The summed E-state index contributed by atoms with van der Waals surface area (Å²) in [5, 5.41) is 26.3. The van der Waals surface area contributed by atoms with E-state index in [-0.39, 0.29) is 5.59 Å². The number of rotatable bonds is 1. The molecule has 1 rings (SSSR count). The number of aromatic nitrogens is 1. The average molecular weight is 174 g/mol. The summed E-state index contributed by atoms with van der Waals surface area (Å²) in [5.41, 5.74) is -0.200. The topological polar surface area (TPSA) is 73.6 Å². The molecule has 1 aromatic heterocycles. The van der Waals surface area contributed by atoms with Gasteiger partial charge in [0.25, 0.3) is 0 Å². The zero-order valence-corrected chi connectivity index (χ0v) is 6.23. The minimum atomic E-state index is -3.49. The van der Waals surface area contributed by atoms with Gasteiger partial charge in [0.1, 0.15) is 0 Å². The molecule has 0 aliphatic rings. The summed E-state index contributed by atoms with van der Waals surface area (Å²) < 4.78 is 0. The highest BCUT2D eigenvalue weighted by Gasteiger charge is 2.19. The van der Waals surface area contributed by atoms with Crippen LogP contribution in [-0.4, -0.2) is 26.8 Å². The summed E-state index contributed by atoms with van der Waals surface area (Å²) in [7, 11) is 0. The summed E-state index contributed by atoms with van der Waals surface area (Å²) in [6, 6.07) is 2.64. The first-order chi connectivity index (χ1) is 5.00. The minimum Gasteiger partial charge on any atom is -0.555 e. The van der Waals surface area contributed by atoms with E-state index < -0.39 is 6.75 Å². The molecule has 0 spiro atoms. The molecule has 0 aliphatic heterocycles. The van der Waals surface area contributed by atoms with Crippen molar-refractivity contribution in [3.05, 3.63) is 23.4 Å². The summed E-state index contributed by atoms with van der Waals surface area (Å²) in [6.07, 6.45) is 1.22. The number of pyridine rings is 1. The van der Waals surface area contributed by atoms with Gasteiger partial charge in [0.2, 0.25) is 0 Å². The molecule has 0 unspecified atom stereocenters. The van der Waals surface area contributed by atoms with E-state index in [1.807, 2.05) is 0 Å². The van der Waals surface area contributed by atoms with Crippen LogP contribution >= 0.6 is 11.6 Å². The quantitative estimate of drug-likeness (QED) is 0.471. The monoisotopic (exact) mass is 174 g/mol. The van der Waals surface area contributed by atoms with Gasteiger partial charge in [-0.2, -0.15) is 0 Å². The Morgan fingerprint density at radius 3 is 2.27 bits per heavy atom. The third kappa shape index (κ3) is 2.16. The van der Waals surface area contributed by atoms with Gasteiger partial charge in [-0.05, 0) is 11.7 Å². The van der Waals surface area contributed by atoms with E-state index >= 15 is 0 Å². The van der Waals surface area contributed by atoms with Crippen LogP contribution < -0.4 is 5.59 Å². The normalized spacial score (nSPS) is 11.6. The lowest BCUT2D eigenvalue weighted by Crippen LogP contribution is -2.50. The van der Waals surface area contributed by atoms with E-state index in [0.29, 0.717) is 5.02 Å². The van der Waals surface area contributed by atoms with Gasteiger partial charge in [0.05, 0.1) is 5.02 Å². The molecule has 6 heteroatoms. The molecular weight excluding hydrogens is 168 g/mol. The second kappa shape index (κ2) is 2.79. The van der Waals surface area contributed by atoms with Gasteiger partial charge in [-0.1, -0.05) is 17.7 Å². The Bertz CT molecular complexity index is 245. The lowest BCUT2D eigenvalue weighted by molar-refractivity contribution is 0.248. The van der Waals surface area contributed by atoms with Gasteiger partial charge in [-0.25, -0.2) is 0 Å². The Kier molecular flexibility index (Phi) is 2.15. The predicted octanol–water partition coefficient (Wildman–Crippen LogP) is -1.14. The van der Waals surface area contributed by atoms with Crippen molar-refractivity contribution in [1.82, 2.24) is 4.98 Å². The Balaban J connectivity index is 2.99. The first kappa shape index (κ1) is 8.48. The zero-order chi connectivity index (χ0) is 8.48. The molecule has 1 aromatic rings. The Morgan fingerprint density at radius 1 is 1.27 bits per heavy atom. The summed E-state index contributed by atoms with van der Waals surface area (Å²) in [6.45, 7) is -3.49. The van der Waals surface area contributed by atoms with Gasteiger partial charge < -0.3 is 15.1 Å². The van der Waals surface area contributed by atoms with E-state index in [1.54, 1.807) is 0 Å². The first-order valence-corrected chi connectivity index (χ1v) is 3.31. The van der Waals surface area contributed by atoms with Gasteiger partial charge in [0.15, 0.2) is 0 Å². The van der Waals surface area contributed by atoms with Gasteiger partial charge >= 0.3 is 6.75 Å². The Labute approximate surface area is 68.1 Å². The number of hydrogen-bond acceptors (Lipinski definition) is 4. The van der Waals surface area contributed by atoms with Gasteiger partial charge in [-0.15, -0.1) is 0 Å². The highest BCUT2D eigenvalue weighted by molar-refractivity contribution is 6.70. The zero-order valence-electron chi connectivity index (χ0n) is 5.48. The SMILES string of the molecule is O[B-](O)(O)c1ccc(Cl)cn1. The Hall–Kier alpha value is -0.615. The third-order valence-corrected chi connectivity index (χ3v) is 1.37. The van der Waals surface area contributed by atoms with Crippen LogP contribution in [0.5, 0.6) is 0 Å². The molecule has 0 amide bonds. The molecule has 0 aliphatic carbocycles. The lowest BCUT2D eigenvalue weighted by atomic mass is 9.75. The van der Waals surface area contributed by atoms with Crippen LogP contribution in [0.3, 0.4) is 0 Å². The fourth-order valence-corrected chi connectivity index (χ4v) is 0.728. The van der Waals surface area contributed by atoms with Crippen LogP contribution in [0.15, 0.2) is 18.3 Å². The molecule has 0 radical (unpaired) electrons. The number of nitrogens with zero attached hydrogens (tertiary/aromatic N) is 1. The molecule has 1 heterocycles. The Morgan fingerprint density at radius 2 is 1.91 bits per heavy atom. The van der Waals surface area contributed by atoms with Crippen molar-refractivity contribution >= 4 is 23.9 Å². The van der Waals surface area contributed by atoms with Gasteiger partial charge in [0, 0.05) is 6.20 Å². The molecule has 0 fully saturated rings. The molecule has 0 saturated carbocycles. The second-order valence-corrected chi connectivity index (χ2v) is 2.57. The van der Waals surface area contributed by atoms with Crippen LogP contribution in [-0.2, 0) is 0 Å². The highest BCUT2D eigenvalue weighted by Crippen LogP contribution is 2.02. The van der Waals surface area contributed by atoms with Crippen molar-refractivity contribution in [1.29, 1.82) is 0 Å². The lowest BCUT2D eigenvalue weighted by Gasteiger charge is -2.19. The predicted molar refractivity (Wildman–Crippen MR) is 41.3 cm³/mol. The van der Waals surface area contributed by atoms with Crippen molar-refractivity contribution in [2.45, 2.75) is 0 Å². The maximum atomic E-state index is 8.65. The van der Waals surface area contributed by atoms with Crippen LogP contribution in [0.1, 0.15) is 0 Å². The highest BCUT2D eigenvalue weighted by atomic mass is 35.5. The second-order valence-electron chi connectivity index (χ2n) is 2.13. The van der Waals surface area contributed by atoms with Crippen LogP contribution in [0.2, 0.25) is 5.02 Å². The van der Waals surface area contributed by atoms with E-state index in [1.165, 1.54) is 18.3 Å². The standard InChI is InChI=1S/C5H6BClNO3/c7-4-1-2-5(8-3-4)6(9,10)11/h1-3,9-11H/q-1. The molecule has 0 saturated heterocycles. The third-order valence-electron chi connectivity index (χ3n) is 1.15. The largest absolute Gasteiger partial charge is 0.555 e. The molecule has 0 atom stereocenters. The molecule has 0 aromatic carbocycles. The van der Waals surface area contributed by atoms with Crippen LogP contribution in [0, 0.1) is 0 Å². The van der Waals surface area contributed by atoms with E-state index in [0.717, 1.165) is 0 Å².